The number of aryl methyl sites for hydroxylation is 2. The van der Waals surface area contributed by atoms with Crippen LogP contribution in [0.15, 0.2) is 42.9 Å². The first-order valence-electron chi connectivity index (χ1n) is 7.26. The van der Waals surface area contributed by atoms with Crippen molar-refractivity contribution < 1.29 is 4.74 Å². The molecule has 1 aromatic carbocycles. The Hall–Kier alpha value is -2.43. The number of ether oxygens (including phenoxy) is 1. The molecular weight excluding hydrogens is 264 g/mol. The first-order valence-corrected chi connectivity index (χ1v) is 7.26. The third-order valence-electron chi connectivity index (χ3n) is 3.44. The first kappa shape index (κ1) is 13.5. The highest BCUT2D eigenvalue weighted by atomic mass is 16.5. The van der Waals surface area contributed by atoms with Crippen LogP contribution in [0.2, 0.25) is 0 Å². The number of aromatic nitrogens is 3. The Balaban J connectivity index is 1.74. The summed E-state index contributed by atoms with van der Waals surface area (Å²) in [5.74, 6) is 0.932. The number of anilines is 1. The smallest absolute Gasteiger partial charge is 0.120 e. The molecule has 0 aliphatic heterocycles. The van der Waals surface area contributed by atoms with Crippen LogP contribution in [-0.2, 0) is 13.1 Å². The summed E-state index contributed by atoms with van der Waals surface area (Å²) < 4.78 is 9.75. The van der Waals surface area contributed by atoms with Gasteiger partial charge in [-0.05, 0) is 30.7 Å². The molecule has 3 aromatic rings. The number of fused-ring (bicyclic) bond motifs is 1. The summed E-state index contributed by atoms with van der Waals surface area (Å²) in [6, 6.07) is 8.34. The topological polar surface area (TPSA) is 58.0 Å². The zero-order valence-electron chi connectivity index (χ0n) is 12.2. The summed E-state index contributed by atoms with van der Waals surface area (Å²) in [6.45, 7) is 4.53. The Morgan fingerprint density at radius 2 is 2.14 bits per heavy atom. The van der Waals surface area contributed by atoms with Crippen LogP contribution >= 0.6 is 0 Å². The highest BCUT2D eigenvalue weighted by Crippen LogP contribution is 2.22. The second-order valence-corrected chi connectivity index (χ2v) is 5.11. The summed E-state index contributed by atoms with van der Waals surface area (Å²) in [7, 11) is 0. The molecule has 2 N–H and O–H groups in total. The van der Waals surface area contributed by atoms with Crippen LogP contribution in [0.25, 0.3) is 10.9 Å². The van der Waals surface area contributed by atoms with Crippen LogP contribution in [0, 0.1) is 0 Å². The largest absolute Gasteiger partial charge is 0.494 e. The predicted molar refractivity (Wildman–Crippen MR) is 84.4 cm³/mol. The summed E-state index contributed by atoms with van der Waals surface area (Å²) >= 11 is 0. The van der Waals surface area contributed by atoms with Gasteiger partial charge >= 0.3 is 0 Å². The molecule has 0 amide bonds. The molecule has 0 aliphatic carbocycles. The van der Waals surface area contributed by atoms with Gasteiger partial charge in [-0.25, -0.2) is 0 Å². The van der Waals surface area contributed by atoms with Crippen LogP contribution in [0.5, 0.6) is 5.75 Å². The van der Waals surface area contributed by atoms with Crippen molar-refractivity contribution in [3.8, 4) is 5.75 Å². The lowest BCUT2D eigenvalue weighted by atomic mass is 10.2. The molecule has 2 heterocycles. The van der Waals surface area contributed by atoms with Gasteiger partial charge in [0.25, 0.3) is 0 Å². The van der Waals surface area contributed by atoms with Gasteiger partial charge in [0.05, 0.1) is 25.0 Å². The lowest BCUT2D eigenvalue weighted by molar-refractivity contribution is 0.318. The van der Waals surface area contributed by atoms with Gasteiger partial charge in [-0.1, -0.05) is 6.92 Å². The minimum atomic E-state index is 0.699. The van der Waals surface area contributed by atoms with Crippen molar-refractivity contribution in [3.63, 3.8) is 0 Å². The Labute approximate surface area is 123 Å². The van der Waals surface area contributed by atoms with Gasteiger partial charge in [0.2, 0.25) is 0 Å². The molecule has 0 aliphatic rings. The second kappa shape index (κ2) is 5.91. The van der Waals surface area contributed by atoms with E-state index < -0.39 is 0 Å². The minimum absolute atomic E-state index is 0.699. The Kier molecular flexibility index (Phi) is 3.81. The van der Waals surface area contributed by atoms with Crippen molar-refractivity contribution in [2.45, 2.75) is 26.4 Å². The maximum Gasteiger partial charge on any atom is 0.120 e. The van der Waals surface area contributed by atoms with Crippen LogP contribution in [0.1, 0.15) is 13.3 Å². The SMILES string of the molecule is CCCOc1ccc2c(ccn2CCn2cc(N)cn2)c1. The zero-order chi connectivity index (χ0) is 14.7. The molecule has 0 saturated carbocycles. The van der Waals surface area contributed by atoms with Gasteiger partial charge in [0.1, 0.15) is 5.75 Å². The fourth-order valence-electron chi connectivity index (χ4n) is 2.39. The summed E-state index contributed by atoms with van der Waals surface area (Å²) in [5.41, 5.74) is 7.58. The minimum Gasteiger partial charge on any atom is -0.494 e. The molecule has 0 bridgehead atoms. The zero-order valence-corrected chi connectivity index (χ0v) is 12.2. The van der Waals surface area contributed by atoms with Crippen molar-refractivity contribution >= 4 is 16.6 Å². The number of hydrogen-bond acceptors (Lipinski definition) is 3. The van der Waals surface area contributed by atoms with Crippen molar-refractivity contribution in [2.24, 2.45) is 0 Å². The number of hydrogen-bond donors (Lipinski definition) is 1. The number of nitrogen functional groups attached to an aromatic ring is 1. The molecule has 0 saturated heterocycles. The molecule has 5 nitrogen and oxygen atoms in total. The molecular formula is C16H20N4O. The predicted octanol–water partition coefficient (Wildman–Crippen LogP) is 2.91. The lowest BCUT2D eigenvalue weighted by Crippen LogP contribution is -2.06. The Bertz CT molecular complexity index is 729. The Morgan fingerprint density at radius 1 is 1.24 bits per heavy atom. The fourth-order valence-corrected chi connectivity index (χ4v) is 2.39. The van der Waals surface area contributed by atoms with Crippen LogP contribution < -0.4 is 10.5 Å². The van der Waals surface area contributed by atoms with Gasteiger partial charge < -0.3 is 15.0 Å². The lowest BCUT2D eigenvalue weighted by Gasteiger charge is -2.07. The quantitative estimate of drug-likeness (QED) is 0.757. The first-order chi connectivity index (χ1) is 10.3. The molecule has 21 heavy (non-hydrogen) atoms. The molecule has 3 rings (SSSR count). The highest BCUT2D eigenvalue weighted by Gasteiger charge is 2.03. The molecule has 2 aromatic heterocycles. The molecule has 0 atom stereocenters. The number of nitrogens with two attached hydrogens (primary N) is 1. The summed E-state index contributed by atoms with van der Waals surface area (Å²) in [4.78, 5) is 0. The second-order valence-electron chi connectivity index (χ2n) is 5.11. The molecule has 5 heteroatoms. The van der Waals surface area contributed by atoms with Gasteiger partial charge in [-0.3, -0.25) is 4.68 Å². The van der Waals surface area contributed by atoms with Crippen molar-refractivity contribution in [1.82, 2.24) is 14.3 Å². The van der Waals surface area contributed by atoms with Gasteiger partial charge in [-0.15, -0.1) is 0 Å². The number of rotatable bonds is 6. The molecule has 0 spiro atoms. The molecule has 0 radical (unpaired) electrons. The monoisotopic (exact) mass is 284 g/mol. The van der Waals surface area contributed by atoms with E-state index in [-0.39, 0.29) is 0 Å². The van der Waals surface area contributed by atoms with E-state index in [4.69, 9.17) is 10.5 Å². The molecule has 0 unspecified atom stereocenters. The van der Waals surface area contributed by atoms with E-state index in [2.05, 4.69) is 41.0 Å². The van der Waals surface area contributed by atoms with Crippen LogP contribution in [0.4, 0.5) is 5.69 Å². The van der Waals surface area contributed by atoms with Gasteiger partial charge in [-0.2, -0.15) is 5.10 Å². The number of benzene rings is 1. The standard InChI is InChI=1S/C16H20N4O/c1-2-9-21-15-3-4-16-13(10-15)5-6-19(16)7-8-20-12-14(17)11-18-20/h3-6,10-12H,2,7-9,17H2,1H3. The van der Waals surface area contributed by atoms with E-state index in [9.17, 15) is 0 Å². The molecule has 110 valence electrons. The van der Waals surface area contributed by atoms with E-state index >= 15 is 0 Å². The van der Waals surface area contributed by atoms with Crippen molar-refractivity contribution in [3.05, 3.63) is 42.9 Å². The van der Waals surface area contributed by atoms with Gasteiger partial charge in [0.15, 0.2) is 0 Å². The van der Waals surface area contributed by atoms with E-state index in [1.54, 1.807) is 6.20 Å². The average molecular weight is 284 g/mol. The maximum absolute atomic E-state index is 5.67. The normalized spacial score (nSPS) is 11.1. The van der Waals surface area contributed by atoms with Crippen molar-refractivity contribution in [2.75, 3.05) is 12.3 Å². The fraction of sp³-hybridized carbons (Fsp3) is 0.312. The maximum atomic E-state index is 5.67. The number of nitrogens with zero attached hydrogens (tertiary/aromatic N) is 3. The average Bonchev–Trinajstić information content (AvgIpc) is 3.08. The van der Waals surface area contributed by atoms with Gasteiger partial charge in [0, 0.05) is 29.8 Å². The third-order valence-corrected chi connectivity index (χ3v) is 3.44. The Morgan fingerprint density at radius 3 is 2.90 bits per heavy atom. The highest BCUT2D eigenvalue weighted by molar-refractivity contribution is 5.81. The summed E-state index contributed by atoms with van der Waals surface area (Å²) in [5, 5.41) is 5.40. The third kappa shape index (κ3) is 3.02. The van der Waals surface area contributed by atoms with E-state index in [1.807, 2.05) is 16.9 Å². The van der Waals surface area contributed by atoms with E-state index in [1.165, 1.54) is 10.9 Å². The summed E-state index contributed by atoms with van der Waals surface area (Å²) in [6.07, 6.45) is 6.64. The van der Waals surface area contributed by atoms with Crippen LogP contribution in [0.3, 0.4) is 0 Å². The van der Waals surface area contributed by atoms with E-state index in [0.717, 1.165) is 31.9 Å². The molecule has 0 fully saturated rings. The van der Waals surface area contributed by atoms with Crippen molar-refractivity contribution in [1.29, 1.82) is 0 Å². The van der Waals surface area contributed by atoms with Crippen LogP contribution in [-0.4, -0.2) is 21.0 Å². The van der Waals surface area contributed by atoms with E-state index in [0.29, 0.717) is 5.69 Å².